The number of nitrogens with zero attached hydrogens (tertiary/aromatic N) is 2. The largest absolute Gasteiger partial charge is 0.367 e. The van der Waals surface area contributed by atoms with Gasteiger partial charge in [-0.3, -0.25) is 9.69 Å². The van der Waals surface area contributed by atoms with Crippen LogP contribution in [0.4, 0.5) is 10.1 Å². The number of aryl methyl sites for hydroxylation is 1. The molecule has 5 heteroatoms. The Kier molecular flexibility index (Phi) is 7.22. The third kappa shape index (κ3) is 6.07. The number of piperazine rings is 1. The Bertz CT molecular complexity index is 715. The Morgan fingerprint density at radius 1 is 0.963 bits per heavy atom. The zero-order chi connectivity index (χ0) is 18.9. The molecule has 2 aromatic carbocycles. The Labute approximate surface area is 161 Å². The summed E-state index contributed by atoms with van der Waals surface area (Å²) in [5.41, 5.74) is 1.89. The van der Waals surface area contributed by atoms with Crippen molar-refractivity contribution in [3.63, 3.8) is 0 Å². The summed E-state index contributed by atoms with van der Waals surface area (Å²) in [6.07, 6.45) is 2.26. The third-order valence-electron chi connectivity index (χ3n) is 5.02. The topological polar surface area (TPSA) is 35.6 Å². The smallest absolute Gasteiger partial charge is 0.220 e. The van der Waals surface area contributed by atoms with Gasteiger partial charge in [0.1, 0.15) is 5.82 Å². The van der Waals surface area contributed by atoms with Gasteiger partial charge < -0.3 is 10.2 Å². The van der Waals surface area contributed by atoms with Crippen molar-refractivity contribution in [2.75, 3.05) is 44.2 Å². The highest BCUT2D eigenvalue weighted by Gasteiger charge is 2.18. The first kappa shape index (κ1) is 19.4. The molecule has 4 nitrogen and oxygen atoms in total. The number of amides is 1. The number of hydrogen-bond donors (Lipinski definition) is 1. The fourth-order valence-electron chi connectivity index (χ4n) is 3.44. The van der Waals surface area contributed by atoms with Crippen molar-refractivity contribution in [1.29, 1.82) is 0 Å². The van der Waals surface area contributed by atoms with Gasteiger partial charge in [0.25, 0.3) is 0 Å². The van der Waals surface area contributed by atoms with Gasteiger partial charge >= 0.3 is 0 Å². The molecule has 0 aliphatic carbocycles. The average molecular weight is 369 g/mol. The number of rotatable bonds is 8. The first-order valence-electron chi connectivity index (χ1n) is 9.75. The maximum Gasteiger partial charge on any atom is 0.220 e. The summed E-state index contributed by atoms with van der Waals surface area (Å²) in [6.45, 7) is 5.20. The number of halogens is 1. The fourth-order valence-corrected chi connectivity index (χ4v) is 3.44. The fraction of sp³-hybridized carbons (Fsp3) is 0.409. The second kappa shape index (κ2) is 10.1. The van der Waals surface area contributed by atoms with Crippen molar-refractivity contribution < 1.29 is 9.18 Å². The molecule has 0 radical (unpaired) electrons. The molecular weight excluding hydrogens is 341 g/mol. The maximum absolute atomic E-state index is 13.9. The first-order valence-corrected chi connectivity index (χ1v) is 9.75. The molecule has 0 saturated carbocycles. The summed E-state index contributed by atoms with van der Waals surface area (Å²) in [5, 5.41) is 3.01. The van der Waals surface area contributed by atoms with E-state index in [1.807, 2.05) is 42.5 Å². The lowest BCUT2D eigenvalue weighted by molar-refractivity contribution is -0.121. The van der Waals surface area contributed by atoms with Gasteiger partial charge in [0, 0.05) is 39.1 Å². The second-order valence-corrected chi connectivity index (χ2v) is 6.97. The zero-order valence-corrected chi connectivity index (χ0v) is 15.7. The first-order chi connectivity index (χ1) is 13.2. The molecule has 144 valence electrons. The van der Waals surface area contributed by atoms with Crippen LogP contribution in [-0.4, -0.2) is 50.1 Å². The number of carbonyl (C=O) groups is 1. The van der Waals surface area contributed by atoms with Gasteiger partial charge in [0.05, 0.1) is 5.69 Å². The SMILES string of the molecule is O=C(CCc1ccccc1)NCCCN1CCN(c2ccccc2F)CC1. The minimum atomic E-state index is -0.149. The van der Waals surface area contributed by atoms with Crippen molar-refractivity contribution in [1.82, 2.24) is 10.2 Å². The van der Waals surface area contributed by atoms with Gasteiger partial charge in [-0.25, -0.2) is 4.39 Å². The molecular formula is C22H28FN3O. The van der Waals surface area contributed by atoms with Crippen LogP contribution in [0.15, 0.2) is 54.6 Å². The summed E-state index contributed by atoms with van der Waals surface area (Å²) in [6, 6.07) is 17.0. The Hall–Kier alpha value is -2.40. The van der Waals surface area contributed by atoms with Crippen molar-refractivity contribution in [2.24, 2.45) is 0 Å². The summed E-state index contributed by atoms with van der Waals surface area (Å²) in [7, 11) is 0. The number of hydrogen-bond acceptors (Lipinski definition) is 3. The number of benzene rings is 2. The minimum absolute atomic E-state index is 0.114. The number of nitrogens with one attached hydrogen (secondary N) is 1. The van der Waals surface area contributed by atoms with Gasteiger partial charge in [-0.1, -0.05) is 42.5 Å². The summed E-state index contributed by atoms with van der Waals surface area (Å²) >= 11 is 0. The van der Waals surface area contributed by atoms with Crippen LogP contribution >= 0.6 is 0 Å². The molecule has 1 heterocycles. The molecule has 0 unspecified atom stereocenters. The molecule has 3 rings (SSSR count). The van der Waals surface area contributed by atoms with E-state index in [4.69, 9.17) is 0 Å². The normalized spacial score (nSPS) is 14.9. The highest BCUT2D eigenvalue weighted by molar-refractivity contribution is 5.76. The molecule has 1 N–H and O–H groups in total. The molecule has 0 atom stereocenters. The molecule has 1 aliphatic heterocycles. The summed E-state index contributed by atoms with van der Waals surface area (Å²) in [4.78, 5) is 16.4. The zero-order valence-electron chi connectivity index (χ0n) is 15.7. The van der Waals surface area contributed by atoms with Crippen molar-refractivity contribution >= 4 is 11.6 Å². The van der Waals surface area contributed by atoms with E-state index in [-0.39, 0.29) is 11.7 Å². The second-order valence-electron chi connectivity index (χ2n) is 6.97. The highest BCUT2D eigenvalue weighted by Crippen LogP contribution is 2.20. The Morgan fingerprint density at radius 2 is 1.67 bits per heavy atom. The van der Waals surface area contributed by atoms with Crippen LogP contribution in [0.25, 0.3) is 0 Å². The van der Waals surface area contributed by atoms with E-state index in [0.717, 1.165) is 45.6 Å². The number of carbonyl (C=O) groups excluding carboxylic acids is 1. The van der Waals surface area contributed by atoms with Crippen LogP contribution in [0, 0.1) is 5.82 Å². The van der Waals surface area contributed by atoms with E-state index in [1.54, 1.807) is 6.07 Å². The van der Waals surface area contributed by atoms with Crippen LogP contribution in [-0.2, 0) is 11.2 Å². The number of para-hydroxylation sites is 1. The quantitative estimate of drug-likeness (QED) is 0.727. The average Bonchev–Trinajstić information content (AvgIpc) is 2.71. The van der Waals surface area contributed by atoms with Gasteiger partial charge in [0.15, 0.2) is 0 Å². The molecule has 27 heavy (non-hydrogen) atoms. The van der Waals surface area contributed by atoms with E-state index < -0.39 is 0 Å². The van der Waals surface area contributed by atoms with Crippen LogP contribution in [0.3, 0.4) is 0 Å². The lowest BCUT2D eigenvalue weighted by Crippen LogP contribution is -2.47. The molecule has 1 fully saturated rings. The van der Waals surface area contributed by atoms with E-state index in [2.05, 4.69) is 15.1 Å². The van der Waals surface area contributed by atoms with Crippen molar-refractivity contribution in [3.05, 3.63) is 66.0 Å². The summed E-state index contributed by atoms with van der Waals surface area (Å²) in [5.74, 6) is -0.0348. The molecule has 0 spiro atoms. The van der Waals surface area contributed by atoms with Crippen LogP contribution in [0.2, 0.25) is 0 Å². The van der Waals surface area contributed by atoms with Crippen molar-refractivity contribution in [2.45, 2.75) is 19.3 Å². The van der Waals surface area contributed by atoms with Crippen LogP contribution < -0.4 is 10.2 Å². The minimum Gasteiger partial charge on any atom is -0.367 e. The predicted octanol–water partition coefficient (Wildman–Crippen LogP) is 3.09. The Morgan fingerprint density at radius 3 is 2.41 bits per heavy atom. The standard InChI is InChI=1S/C22H28FN3O/c23-20-9-4-5-10-21(20)26-17-15-25(16-18-26)14-6-13-24-22(27)12-11-19-7-2-1-3-8-19/h1-5,7-10H,6,11-18H2,(H,24,27). The summed E-state index contributed by atoms with van der Waals surface area (Å²) < 4.78 is 13.9. The van der Waals surface area contributed by atoms with Gasteiger partial charge in [0.2, 0.25) is 5.91 Å². The molecule has 2 aromatic rings. The third-order valence-corrected chi connectivity index (χ3v) is 5.02. The van der Waals surface area contributed by atoms with Crippen LogP contribution in [0.1, 0.15) is 18.4 Å². The van der Waals surface area contributed by atoms with Crippen molar-refractivity contribution in [3.8, 4) is 0 Å². The monoisotopic (exact) mass is 369 g/mol. The van der Waals surface area contributed by atoms with Gasteiger partial charge in [-0.05, 0) is 37.1 Å². The lowest BCUT2D eigenvalue weighted by atomic mass is 10.1. The van der Waals surface area contributed by atoms with Gasteiger partial charge in [-0.15, -0.1) is 0 Å². The van der Waals surface area contributed by atoms with Crippen LogP contribution in [0.5, 0.6) is 0 Å². The van der Waals surface area contributed by atoms with E-state index in [1.165, 1.54) is 11.6 Å². The Balaban J connectivity index is 1.28. The molecule has 0 aromatic heterocycles. The molecule has 0 bridgehead atoms. The highest BCUT2D eigenvalue weighted by atomic mass is 19.1. The lowest BCUT2D eigenvalue weighted by Gasteiger charge is -2.36. The molecule has 1 saturated heterocycles. The molecule has 1 aliphatic rings. The number of anilines is 1. The maximum atomic E-state index is 13.9. The van der Waals surface area contributed by atoms with E-state index >= 15 is 0 Å². The van der Waals surface area contributed by atoms with E-state index in [0.29, 0.717) is 18.7 Å². The predicted molar refractivity (Wildman–Crippen MR) is 107 cm³/mol. The van der Waals surface area contributed by atoms with E-state index in [9.17, 15) is 9.18 Å². The van der Waals surface area contributed by atoms with Gasteiger partial charge in [-0.2, -0.15) is 0 Å². The molecule has 1 amide bonds.